The van der Waals surface area contributed by atoms with Gasteiger partial charge in [-0.25, -0.2) is 0 Å². The van der Waals surface area contributed by atoms with Crippen molar-refractivity contribution in [3.05, 3.63) is 56.8 Å². The van der Waals surface area contributed by atoms with Crippen LogP contribution >= 0.6 is 11.3 Å². The summed E-state index contributed by atoms with van der Waals surface area (Å²) in [7, 11) is 0. The van der Waals surface area contributed by atoms with E-state index in [9.17, 15) is 4.79 Å². The van der Waals surface area contributed by atoms with E-state index >= 15 is 0 Å². The standard InChI is InChI=1S/C17H18OS/c1-11-6-7-12(2)15(10-11)17(18)14-4-3-5-16-13(14)8-9-19-16/h6-10,14H,3-5H2,1-2H3. The van der Waals surface area contributed by atoms with Gasteiger partial charge < -0.3 is 0 Å². The van der Waals surface area contributed by atoms with Gasteiger partial charge in [0.15, 0.2) is 5.78 Å². The van der Waals surface area contributed by atoms with Crippen LogP contribution in [0.25, 0.3) is 0 Å². The number of carbonyl (C=O) groups is 1. The van der Waals surface area contributed by atoms with Gasteiger partial charge in [-0.15, -0.1) is 11.3 Å². The highest BCUT2D eigenvalue weighted by molar-refractivity contribution is 7.10. The van der Waals surface area contributed by atoms with Crippen molar-refractivity contribution in [3.8, 4) is 0 Å². The molecular weight excluding hydrogens is 252 g/mol. The molecule has 0 radical (unpaired) electrons. The molecule has 2 heteroatoms. The summed E-state index contributed by atoms with van der Waals surface area (Å²) in [5.74, 6) is 0.385. The van der Waals surface area contributed by atoms with Gasteiger partial charge in [0.2, 0.25) is 0 Å². The van der Waals surface area contributed by atoms with E-state index in [1.165, 1.54) is 10.4 Å². The van der Waals surface area contributed by atoms with Crippen LogP contribution in [-0.2, 0) is 6.42 Å². The zero-order valence-corrected chi connectivity index (χ0v) is 12.2. The summed E-state index contributed by atoms with van der Waals surface area (Å²) in [6, 6.07) is 8.31. The second-order valence-electron chi connectivity index (χ2n) is 5.43. The largest absolute Gasteiger partial charge is 0.293 e. The Bertz CT molecular complexity index is 624. The van der Waals surface area contributed by atoms with E-state index in [1.54, 1.807) is 11.3 Å². The van der Waals surface area contributed by atoms with Crippen LogP contribution in [0.15, 0.2) is 29.6 Å². The maximum atomic E-state index is 12.8. The Hall–Kier alpha value is -1.41. The maximum Gasteiger partial charge on any atom is 0.170 e. The van der Waals surface area contributed by atoms with E-state index in [0.717, 1.165) is 36.0 Å². The Morgan fingerprint density at radius 2 is 2.11 bits per heavy atom. The number of Topliss-reactive ketones (excluding diaryl/α,β-unsaturated/α-hetero) is 1. The summed E-state index contributed by atoms with van der Waals surface area (Å²) in [4.78, 5) is 14.3. The summed E-state index contributed by atoms with van der Waals surface area (Å²) >= 11 is 1.80. The molecule has 0 N–H and O–H groups in total. The fourth-order valence-corrected chi connectivity index (χ4v) is 3.94. The molecule has 0 spiro atoms. The first kappa shape index (κ1) is 12.6. The van der Waals surface area contributed by atoms with Crippen LogP contribution < -0.4 is 0 Å². The quantitative estimate of drug-likeness (QED) is 0.725. The van der Waals surface area contributed by atoms with Gasteiger partial charge in [-0.05, 0) is 61.7 Å². The van der Waals surface area contributed by atoms with Crippen LogP contribution in [0.1, 0.15) is 50.7 Å². The molecule has 1 unspecified atom stereocenters. The molecule has 1 atom stereocenters. The number of benzene rings is 1. The van der Waals surface area contributed by atoms with E-state index in [4.69, 9.17) is 0 Å². The molecule has 19 heavy (non-hydrogen) atoms. The predicted molar refractivity (Wildman–Crippen MR) is 80.2 cm³/mol. The van der Waals surface area contributed by atoms with Gasteiger partial charge in [-0.2, -0.15) is 0 Å². The Kier molecular flexibility index (Phi) is 3.28. The number of rotatable bonds is 2. The number of carbonyl (C=O) groups excluding carboxylic acids is 1. The zero-order valence-electron chi connectivity index (χ0n) is 11.4. The van der Waals surface area contributed by atoms with Crippen molar-refractivity contribution in [1.29, 1.82) is 0 Å². The van der Waals surface area contributed by atoms with Crippen LogP contribution in [0.3, 0.4) is 0 Å². The van der Waals surface area contributed by atoms with Crippen molar-refractivity contribution < 1.29 is 4.79 Å². The molecule has 2 aromatic rings. The number of aryl methyl sites for hydroxylation is 3. The first-order valence-electron chi connectivity index (χ1n) is 6.84. The SMILES string of the molecule is Cc1ccc(C)c(C(=O)C2CCCc3sccc32)c1. The van der Waals surface area contributed by atoms with Crippen molar-refractivity contribution in [2.45, 2.75) is 39.0 Å². The number of thiophene rings is 1. The molecule has 1 aromatic carbocycles. The average Bonchev–Trinajstić information content (AvgIpc) is 2.89. The second-order valence-corrected chi connectivity index (χ2v) is 6.43. The monoisotopic (exact) mass is 270 g/mol. The molecule has 0 saturated heterocycles. The second kappa shape index (κ2) is 4.93. The zero-order chi connectivity index (χ0) is 13.4. The van der Waals surface area contributed by atoms with Gasteiger partial charge >= 0.3 is 0 Å². The molecule has 3 rings (SSSR count). The lowest BCUT2D eigenvalue weighted by Gasteiger charge is -2.22. The smallest absolute Gasteiger partial charge is 0.170 e. The fraction of sp³-hybridized carbons (Fsp3) is 0.353. The summed E-state index contributed by atoms with van der Waals surface area (Å²) in [5.41, 5.74) is 4.44. The van der Waals surface area contributed by atoms with E-state index in [0.29, 0.717) is 5.78 Å². The van der Waals surface area contributed by atoms with Gasteiger partial charge in [0.25, 0.3) is 0 Å². The topological polar surface area (TPSA) is 17.1 Å². The summed E-state index contributed by atoms with van der Waals surface area (Å²) < 4.78 is 0. The van der Waals surface area contributed by atoms with Crippen LogP contribution in [0, 0.1) is 13.8 Å². The van der Waals surface area contributed by atoms with Crippen LogP contribution in [0.2, 0.25) is 0 Å². The van der Waals surface area contributed by atoms with Crippen LogP contribution in [-0.4, -0.2) is 5.78 Å². The fourth-order valence-electron chi connectivity index (χ4n) is 2.95. The normalized spacial score (nSPS) is 18.1. The number of hydrogen-bond acceptors (Lipinski definition) is 2. The average molecular weight is 270 g/mol. The summed E-state index contributed by atoms with van der Waals surface area (Å²) in [6.07, 6.45) is 3.27. The van der Waals surface area contributed by atoms with Crippen molar-refractivity contribution in [2.24, 2.45) is 0 Å². The molecule has 0 aliphatic heterocycles. The molecule has 1 nitrogen and oxygen atoms in total. The minimum Gasteiger partial charge on any atom is -0.293 e. The first-order chi connectivity index (χ1) is 9.16. The highest BCUT2D eigenvalue weighted by Gasteiger charge is 2.28. The Morgan fingerprint density at radius 3 is 2.95 bits per heavy atom. The molecule has 1 aliphatic carbocycles. The Morgan fingerprint density at radius 1 is 1.26 bits per heavy atom. The molecule has 1 aliphatic rings. The molecule has 0 amide bonds. The van der Waals surface area contributed by atoms with Gasteiger partial charge in [0, 0.05) is 16.4 Å². The summed E-state index contributed by atoms with van der Waals surface area (Å²) in [5, 5.41) is 2.12. The van der Waals surface area contributed by atoms with Gasteiger partial charge in [-0.1, -0.05) is 17.7 Å². The molecule has 1 heterocycles. The third kappa shape index (κ3) is 2.25. The Labute approximate surface area is 118 Å². The van der Waals surface area contributed by atoms with Crippen molar-refractivity contribution >= 4 is 17.1 Å². The van der Waals surface area contributed by atoms with Gasteiger partial charge in [0.1, 0.15) is 0 Å². The van der Waals surface area contributed by atoms with E-state index in [2.05, 4.69) is 23.6 Å². The van der Waals surface area contributed by atoms with Gasteiger partial charge in [0.05, 0.1) is 0 Å². The molecule has 98 valence electrons. The van der Waals surface area contributed by atoms with E-state index < -0.39 is 0 Å². The lowest BCUT2D eigenvalue weighted by Crippen LogP contribution is -2.18. The number of fused-ring (bicyclic) bond motifs is 1. The first-order valence-corrected chi connectivity index (χ1v) is 7.72. The lowest BCUT2D eigenvalue weighted by molar-refractivity contribution is 0.0950. The predicted octanol–water partition coefficient (Wildman–Crippen LogP) is 4.67. The van der Waals surface area contributed by atoms with E-state index in [-0.39, 0.29) is 5.92 Å². The molecule has 0 fully saturated rings. The van der Waals surface area contributed by atoms with E-state index in [1.807, 2.05) is 19.9 Å². The van der Waals surface area contributed by atoms with Crippen molar-refractivity contribution in [2.75, 3.05) is 0 Å². The van der Waals surface area contributed by atoms with Crippen LogP contribution in [0.4, 0.5) is 0 Å². The van der Waals surface area contributed by atoms with Crippen molar-refractivity contribution in [1.82, 2.24) is 0 Å². The molecule has 0 bridgehead atoms. The van der Waals surface area contributed by atoms with Gasteiger partial charge in [-0.3, -0.25) is 4.79 Å². The molecule has 1 aromatic heterocycles. The summed E-state index contributed by atoms with van der Waals surface area (Å²) in [6.45, 7) is 4.08. The molecule has 0 saturated carbocycles. The third-order valence-electron chi connectivity index (χ3n) is 4.03. The maximum absolute atomic E-state index is 12.8. The molecular formula is C17H18OS. The highest BCUT2D eigenvalue weighted by atomic mass is 32.1. The third-order valence-corrected chi connectivity index (χ3v) is 5.02. The number of hydrogen-bond donors (Lipinski definition) is 0. The lowest BCUT2D eigenvalue weighted by atomic mass is 9.81. The Balaban J connectivity index is 2.00. The van der Waals surface area contributed by atoms with Crippen molar-refractivity contribution in [3.63, 3.8) is 0 Å². The number of ketones is 1. The highest BCUT2D eigenvalue weighted by Crippen LogP contribution is 2.37. The minimum atomic E-state index is 0.0792. The minimum absolute atomic E-state index is 0.0792. The van der Waals surface area contributed by atoms with Crippen LogP contribution in [0.5, 0.6) is 0 Å².